The molecule has 2 aromatic heterocycles. The molecule has 174 valence electrons. The molecule has 0 unspecified atom stereocenters. The van der Waals surface area contributed by atoms with Crippen LogP contribution in [0.5, 0.6) is 5.75 Å². The number of methoxy groups -OCH3 is 1. The fourth-order valence-electron chi connectivity index (χ4n) is 4.71. The van der Waals surface area contributed by atoms with Crippen molar-refractivity contribution in [3.05, 3.63) is 70.8 Å². The first-order valence-corrected chi connectivity index (χ1v) is 11.2. The number of amides is 1. The largest absolute Gasteiger partial charge is 0.494 e. The van der Waals surface area contributed by atoms with E-state index < -0.39 is 5.82 Å². The fraction of sp³-hybridized carbons (Fsp3) is 0.269. The van der Waals surface area contributed by atoms with Crippen LogP contribution in [0, 0.1) is 5.82 Å². The molecule has 8 heteroatoms. The van der Waals surface area contributed by atoms with E-state index in [4.69, 9.17) is 9.72 Å². The highest BCUT2D eigenvalue weighted by atomic mass is 19.1. The molecule has 0 spiro atoms. The number of nitrogens with zero attached hydrogens (tertiary/aromatic N) is 2. The van der Waals surface area contributed by atoms with Crippen LogP contribution in [0.15, 0.2) is 42.5 Å². The lowest BCUT2D eigenvalue weighted by atomic mass is 9.95. The minimum absolute atomic E-state index is 0.0603. The van der Waals surface area contributed by atoms with Gasteiger partial charge in [-0.05, 0) is 30.7 Å². The predicted molar refractivity (Wildman–Crippen MR) is 128 cm³/mol. The van der Waals surface area contributed by atoms with E-state index in [0.29, 0.717) is 30.8 Å². The number of aromatic nitrogens is 2. The van der Waals surface area contributed by atoms with Crippen LogP contribution in [0.1, 0.15) is 34.2 Å². The average molecular weight is 461 g/mol. The van der Waals surface area contributed by atoms with E-state index in [2.05, 4.69) is 10.3 Å². The highest BCUT2D eigenvalue weighted by Crippen LogP contribution is 2.35. The minimum atomic E-state index is -0.436. The number of hydrogen-bond acceptors (Lipinski definition) is 5. The zero-order valence-corrected chi connectivity index (χ0v) is 19.1. The normalized spacial score (nSPS) is 13.9. The van der Waals surface area contributed by atoms with Gasteiger partial charge >= 0.3 is 0 Å². The number of hydrogen-bond donors (Lipinski definition) is 2. The van der Waals surface area contributed by atoms with Crippen LogP contribution in [-0.2, 0) is 17.8 Å². The summed E-state index contributed by atoms with van der Waals surface area (Å²) in [5.74, 6) is -0.436. The van der Waals surface area contributed by atoms with Gasteiger partial charge in [-0.15, -0.1) is 0 Å². The number of fused-ring (bicyclic) bond motifs is 5. The molecule has 0 atom stereocenters. The monoisotopic (exact) mass is 460 g/mol. The highest BCUT2D eigenvalue weighted by Gasteiger charge is 2.30. The molecular weight excluding hydrogens is 435 g/mol. The van der Waals surface area contributed by atoms with Gasteiger partial charge < -0.3 is 15.0 Å². The first-order chi connectivity index (χ1) is 16.5. The Morgan fingerprint density at radius 2 is 2.06 bits per heavy atom. The van der Waals surface area contributed by atoms with E-state index in [1.54, 1.807) is 11.0 Å². The molecular formula is C26H25FN4O3. The second kappa shape index (κ2) is 8.87. The number of rotatable bonds is 6. The first kappa shape index (κ1) is 22.0. The molecule has 0 bridgehead atoms. The zero-order chi connectivity index (χ0) is 23.8. The number of ether oxygens (including phenoxy) is 1. The molecule has 7 nitrogen and oxygen atoms in total. The van der Waals surface area contributed by atoms with Crippen molar-refractivity contribution in [3.63, 3.8) is 0 Å². The van der Waals surface area contributed by atoms with Crippen molar-refractivity contribution in [1.29, 1.82) is 0 Å². The maximum Gasteiger partial charge on any atom is 0.234 e. The Kier molecular flexibility index (Phi) is 5.75. The topological polar surface area (TPSA) is 87.3 Å². The lowest BCUT2D eigenvalue weighted by Gasteiger charge is -2.27. The molecule has 0 saturated carbocycles. The number of aromatic amines is 1. The van der Waals surface area contributed by atoms with Crippen molar-refractivity contribution in [2.45, 2.75) is 19.9 Å². The van der Waals surface area contributed by atoms with Crippen molar-refractivity contribution < 1.29 is 18.7 Å². The van der Waals surface area contributed by atoms with Crippen molar-refractivity contribution >= 4 is 33.5 Å². The maximum absolute atomic E-state index is 14.4. The third-order valence-corrected chi connectivity index (χ3v) is 6.15. The predicted octanol–water partition coefficient (Wildman–Crippen LogP) is 3.59. The Labute approximate surface area is 195 Å². The third-order valence-electron chi connectivity index (χ3n) is 6.15. The Morgan fingerprint density at radius 1 is 1.24 bits per heavy atom. The molecule has 1 aliphatic heterocycles. The van der Waals surface area contributed by atoms with Crippen LogP contribution in [-0.4, -0.2) is 53.3 Å². The van der Waals surface area contributed by atoms with Crippen LogP contribution < -0.4 is 10.1 Å². The summed E-state index contributed by atoms with van der Waals surface area (Å²) in [6.45, 7) is 3.07. The SMILES string of the molecule is CCNC(=O)CN1CC(=O)c2c(nc(Cc3ccc(OC)c(F)c3)c3[nH]c4ccccc4c23)C1. The van der Waals surface area contributed by atoms with Crippen LogP contribution in [0.25, 0.3) is 21.8 Å². The van der Waals surface area contributed by atoms with Gasteiger partial charge in [-0.25, -0.2) is 4.39 Å². The molecule has 3 heterocycles. The van der Waals surface area contributed by atoms with Gasteiger partial charge in [0, 0.05) is 35.8 Å². The lowest BCUT2D eigenvalue weighted by Crippen LogP contribution is -2.42. The summed E-state index contributed by atoms with van der Waals surface area (Å²) in [5, 5.41) is 4.56. The minimum Gasteiger partial charge on any atom is -0.494 e. The smallest absolute Gasteiger partial charge is 0.234 e. The summed E-state index contributed by atoms with van der Waals surface area (Å²) in [6, 6.07) is 12.7. The number of nitrogens with one attached hydrogen (secondary N) is 2. The van der Waals surface area contributed by atoms with Crippen LogP contribution in [0.3, 0.4) is 0 Å². The van der Waals surface area contributed by atoms with E-state index in [9.17, 15) is 14.0 Å². The number of carbonyl (C=O) groups is 2. The molecule has 1 amide bonds. The number of halogens is 1. The molecule has 1 aliphatic rings. The second-order valence-corrected chi connectivity index (χ2v) is 8.47. The number of para-hydroxylation sites is 1. The van der Waals surface area contributed by atoms with Gasteiger partial charge in [0.05, 0.1) is 42.7 Å². The number of H-pyrrole nitrogens is 1. The van der Waals surface area contributed by atoms with Gasteiger partial charge in [-0.3, -0.25) is 19.5 Å². The second-order valence-electron chi connectivity index (χ2n) is 8.47. The van der Waals surface area contributed by atoms with E-state index >= 15 is 0 Å². The van der Waals surface area contributed by atoms with Gasteiger partial charge in [0.15, 0.2) is 17.3 Å². The van der Waals surface area contributed by atoms with E-state index in [-0.39, 0.29) is 30.5 Å². The van der Waals surface area contributed by atoms with E-state index in [1.165, 1.54) is 13.2 Å². The standard InChI is InChI=1S/C26H25FN4O3/c1-3-28-23(33)14-31-12-20-25(21(32)13-31)24-16-6-4-5-7-18(16)30-26(24)19(29-20)11-15-8-9-22(34-2)17(27)10-15/h4-10,30H,3,11-14H2,1-2H3,(H,28,33). The lowest BCUT2D eigenvalue weighted by molar-refractivity contribution is -0.122. The van der Waals surface area contributed by atoms with Crippen LogP contribution in [0.4, 0.5) is 4.39 Å². The fourth-order valence-corrected chi connectivity index (χ4v) is 4.71. The molecule has 4 aromatic rings. The van der Waals surface area contributed by atoms with Crippen molar-refractivity contribution in [1.82, 2.24) is 20.2 Å². The van der Waals surface area contributed by atoms with Gasteiger partial charge in [0.1, 0.15) is 0 Å². The van der Waals surface area contributed by atoms with Crippen LogP contribution >= 0.6 is 0 Å². The molecule has 0 saturated heterocycles. The third kappa shape index (κ3) is 3.90. The van der Waals surface area contributed by atoms with Crippen molar-refractivity contribution in [3.8, 4) is 5.75 Å². The zero-order valence-electron chi connectivity index (χ0n) is 19.1. The van der Waals surface area contributed by atoms with Gasteiger partial charge in [0.25, 0.3) is 0 Å². The van der Waals surface area contributed by atoms with Crippen molar-refractivity contribution in [2.75, 3.05) is 26.7 Å². The Hall–Kier alpha value is -3.78. The summed E-state index contributed by atoms with van der Waals surface area (Å²) in [7, 11) is 1.43. The Morgan fingerprint density at radius 3 is 2.82 bits per heavy atom. The molecule has 5 rings (SSSR count). The molecule has 34 heavy (non-hydrogen) atoms. The number of likely N-dealkylation sites (N-methyl/N-ethyl adjacent to an activating group) is 1. The van der Waals surface area contributed by atoms with Gasteiger partial charge in [0.2, 0.25) is 5.91 Å². The first-order valence-electron chi connectivity index (χ1n) is 11.2. The maximum atomic E-state index is 14.4. The molecule has 2 aromatic carbocycles. The van der Waals surface area contributed by atoms with E-state index in [0.717, 1.165) is 33.1 Å². The summed E-state index contributed by atoms with van der Waals surface area (Å²) in [4.78, 5) is 35.5. The number of benzene rings is 2. The summed E-state index contributed by atoms with van der Waals surface area (Å²) in [6.07, 6.45) is 0.377. The average Bonchev–Trinajstić information content (AvgIpc) is 3.19. The molecule has 2 N–H and O–H groups in total. The molecule has 0 fully saturated rings. The summed E-state index contributed by atoms with van der Waals surface area (Å²) < 4.78 is 19.4. The summed E-state index contributed by atoms with van der Waals surface area (Å²) in [5.41, 5.74) is 4.40. The number of ketones is 1. The molecule has 0 radical (unpaired) electrons. The van der Waals surface area contributed by atoms with Gasteiger partial charge in [-0.2, -0.15) is 0 Å². The number of Topliss-reactive ketones (excluding diaryl/α,β-unsaturated/α-hetero) is 1. The Bertz CT molecular complexity index is 1430. The highest BCUT2D eigenvalue weighted by molar-refractivity contribution is 6.20. The quantitative estimate of drug-likeness (QED) is 0.459. The number of pyridine rings is 1. The van der Waals surface area contributed by atoms with Gasteiger partial charge in [-0.1, -0.05) is 24.3 Å². The summed E-state index contributed by atoms with van der Waals surface area (Å²) >= 11 is 0. The Balaban J connectivity index is 1.63. The number of carbonyl (C=O) groups excluding carboxylic acids is 2. The van der Waals surface area contributed by atoms with Crippen molar-refractivity contribution in [2.24, 2.45) is 0 Å². The van der Waals surface area contributed by atoms with Crippen LogP contribution in [0.2, 0.25) is 0 Å². The molecule has 0 aliphatic carbocycles. The van der Waals surface area contributed by atoms with E-state index in [1.807, 2.05) is 37.3 Å².